The molecule has 0 saturated heterocycles. The standard InChI is InChI=1S/C23H18FN5O3S/c1-14-11-12-18(19(13-14)29(31)32)25-22(30)20(15-7-3-2-4-8-15)33-23-26-21(27-28-23)16-9-5-6-10-17(16)24/h2-13,20H,1H3,(H,25,30)(H,26,27,28). The molecule has 10 heteroatoms. The number of hydrogen-bond acceptors (Lipinski definition) is 6. The van der Waals surface area contributed by atoms with E-state index in [2.05, 4.69) is 20.5 Å². The van der Waals surface area contributed by atoms with Gasteiger partial charge < -0.3 is 5.32 Å². The van der Waals surface area contributed by atoms with Gasteiger partial charge in [-0.2, -0.15) is 0 Å². The number of nitro benzene ring substituents is 1. The van der Waals surface area contributed by atoms with Gasteiger partial charge in [0.25, 0.3) is 5.69 Å². The number of nitro groups is 1. The number of H-pyrrole nitrogens is 1. The molecule has 0 aliphatic carbocycles. The van der Waals surface area contributed by atoms with E-state index >= 15 is 0 Å². The van der Waals surface area contributed by atoms with Crippen molar-refractivity contribution in [2.75, 3.05) is 5.32 Å². The number of aryl methyl sites for hydroxylation is 1. The monoisotopic (exact) mass is 463 g/mol. The van der Waals surface area contributed by atoms with Crippen molar-refractivity contribution in [1.29, 1.82) is 0 Å². The molecule has 1 heterocycles. The summed E-state index contributed by atoms with van der Waals surface area (Å²) in [6, 6.07) is 19.7. The summed E-state index contributed by atoms with van der Waals surface area (Å²) in [4.78, 5) is 28.5. The van der Waals surface area contributed by atoms with Crippen molar-refractivity contribution in [3.63, 3.8) is 0 Å². The van der Waals surface area contributed by atoms with Crippen LogP contribution in [0.2, 0.25) is 0 Å². The number of amides is 1. The van der Waals surface area contributed by atoms with Crippen molar-refractivity contribution in [1.82, 2.24) is 15.2 Å². The van der Waals surface area contributed by atoms with Crippen LogP contribution in [-0.2, 0) is 4.79 Å². The molecular formula is C23H18FN5O3S. The molecule has 166 valence electrons. The first kappa shape index (κ1) is 22.2. The molecule has 0 spiro atoms. The second-order valence-corrected chi connectivity index (χ2v) is 8.19. The molecule has 0 fully saturated rings. The van der Waals surface area contributed by atoms with Gasteiger partial charge in [-0.3, -0.25) is 20.0 Å². The van der Waals surface area contributed by atoms with Gasteiger partial charge in [-0.25, -0.2) is 9.37 Å². The summed E-state index contributed by atoms with van der Waals surface area (Å²) >= 11 is 1.05. The van der Waals surface area contributed by atoms with Gasteiger partial charge in [-0.05, 0) is 36.2 Å². The molecule has 8 nitrogen and oxygen atoms in total. The summed E-state index contributed by atoms with van der Waals surface area (Å²) in [6.45, 7) is 1.73. The maximum atomic E-state index is 14.1. The van der Waals surface area contributed by atoms with Crippen LogP contribution >= 0.6 is 11.8 Å². The molecule has 1 atom stereocenters. The Labute approximate surface area is 192 Å². The van der Waals surface area contributed by atoms with E-state index in [1.807, 2.05) is 6.07 Å². The quantitative estimate of drug-likeness (QED) is 0.218. The van der Waals surface area contributed by atoms with Crippen molar-refractivity contribution in [2.45, 2.75) is 17.3 Å². The summed E-state index contributed by atoms with van der Waals surface area (Å²) in [5, 5.41) is 20.3. The lowest BCUT2D eigenvalue weighted by Gasteiger charge is -2.15. The minimum atomic E-state index is -0.809. The molecule has 2 N–H and O–H groups in total. The summed E-state index contributed by atoms with van der Waals surface area (Å²) in [6.07, 6.45) is 0. The molecule has 0 saturated carbocycles. The third-order valence-electron chi connectivity index (χ3n) is 4.77. The number of aromatic nitrogens is 3. The van der Waals surface area contributed by atoms with Crippen LogP contribution in [0, 0.1) is 22.9 Å². The van der Waals surface area contributed by atoms with Gasteiger partial charge in [-0.1, -0.05) is 60.3 Å². The zero-order valence-corrected chi connectivity index (χ0v) is 18.2. The highest BCUT2D eigenvalue weighted by Gasteiger charge is 2.26. The Morgan fingerprint density at radius 1 is 1.12 bits per heavy atom. The molecule has 0 aliphatic heterocycles. The SMILES string of the molecule is Cc1ccc(NC(=O)C(Sc2n[nH]c(-c3ccccc3F)n2)c2ccccc2)c([N+](=O)[O-])c1. The van der Waals surface area contributed by atoms with E-state index in [4.69, 9.17) is 0 Å². The fourth-order valence-electron chi connectivity index (χ4n) is 3.18. The minimum Gasteiger partial charge on any atom is -0.319 e. The number of halogens is 1. The summed E-state index contributed by atoms with van der Waals surface area (Å²) in [7, 11) is 0. The first-order valence-corrected chi connectivity index (χ1v) is 10.7. The second kappa shape index (κ2) is 9.61. The van der Waals surface area contributed by atoms with Crippen LogP contribution < -0.4 is 5.32 Å². The van der Waals surface area contributed by atoms with E-state index in [1.54, 1.807) is 55.5 Å². The number of nitrogens with one attached hydrogen (secondary N) is 2. The number of carbonyl (C=O) groups is 1. The number of rotatable bonds is 7. The maximum absolute atomic E-state index is 14.1. The highest BCUT2D eigenvalue weighted by atomic mass is 32.2. The Balaban J connectivity index is 1.63. The molecule has 0 bridgehead atoms. The predicted molar refractivity (Wildman–Crippen MR) is 123 cm³/mol. The van der Waals surface area contributed by atoms with E-state index in [1.165, 1.54) is 18.2 Å². The van der Waals surface area contributed by atoms with Crippen molar-refractivity contribution in [3.05, 3.63) is 99.9 Å². The topological polar surface area (TPSA) is 114 Å². The smallest absolute Gasteiger partial charge is 0.293 e. The molecular weight excluding hydrogens is 445 g/mol. The van der Waals surface area contributed by atoms with Gasteiger partial charge in [-0.15, -0.1) is 5.10 Å². The average Bonchev–Trinajstić information content (AvgIpc) is 3.27. The van der Waals surface area contributed by atoms with Gasteiger partial charge in [0.1, 0.15) is 16.8 Å². The number of hydrogen-bond donors (Lipinski definition) is 2. The Bertz CT molecular complexity index is 1310. The third-order valence-corrected chi connectivity index (χ3v) is 5.88. The van der Waals surface area contributed by atoms with Crippen molar-refractivity contribution in [2.24, 2.45) is 0 Å². The Kier molecular flexibility index (Phi) is 6.45. The van der Waals surface area contributed by atoms with E-state index < -0.39 is 21.9 Å². The first-order valence-electron chi connectivity index (χ1n) is 9.87. The number of benzene rings is 3. The molecule has 1 unspecified atom stereocenters. The highest BCUT2D eigenvalue weighted by molar-refractivity contribution is 8.00. The van der Waals surface area contributed by atoms with Crippen LogP contribution in [0.3, 0.4) is 0 Å². The Morgan fingerprint density at radius 3 is 2.58 bits per heavy atom. The molecule has 4 aromatic rings. The Morgan fingerprint density at radius 2 is 1.85 bits per heavy atom. The molecule has 33 heavy (non-hydrogen) atoms. The number of aromatic amines is 1. The number of nitrogens with zero attached hydrogens (tertiary/aromatic N) is 3. The van der Waals surface area contributed by atoms with E-state index in [0.29, 0.717) is 11.1 Å². The molecule has 3 aromatic carbocycles. The number of anilines is 1. The van der Waals surface area contributed by atoms with Gasteiger partial charge in [0.2, 0.25) is 11.1 Å². The fourth-order valence-corrected chi connectivity index (χ4v) is 4.09. The summed E-state index contributed by atoms with van der Waals surface area (Å²) < 4.78 is 14.1. The van der Waals surface area contributed by atoms with E-state index in [-0.39, 0.29) is 27.9 Å². The average molecular weight is 463 g/mol. The zero-order valence-electron chi connectivity index (χ0n) is 17.4. The zero-order chi connectivity index (χ0) is 23.4. The number of thioether (sulfide) groups is 1. The van der Waals surface area contributed by atoms with Gasteiger partial charge in [0, 0.05) is 6.07 Å². The van der Waals surface area contributed by atoms with Crippen LogP contribution in [0.25, 0.3) is 11.4 Å². The maximum Gasteiger partial charge on any atom is 0.293 e. The van der Waals surface area contributed by atoms with Crippen LogP contribution in [-0.4, -0.2) is 26.0 Å². The first-order chi connectivity index (χ1) is 15.9. The minimum absolute atomic E-state index is 0.0964. The van der Waals surface area contributed by atoms with Crippen molar-refractivity contribution >= 4 is 29.0 Å². The van der Waals surface area contributed by atoms with Crippen molar-refractivity contribution in [3.8, 4) is 11.4 Å². The van der Waals surface area contributed by atoms with E-state index in [0.717, 1.165) is 11.8 Å². The number of carbonyl (C=O) groups excluding carboxylic acids is 1. The van der Waals surface area contributed by atoms with Crippen LogP contribution in [0.5, 0.6) is 0 Å². The van der Waals surface area contributed by atoms with Crippen LogP contribution in [0.4, 0.5) is 15.8 Å². The Hall–Kier alpha value is -4.05. The lowest BCUT2D eigenvalue weighted by Crippen LogP contribution is -2.20. The normalized spacial score (nSPS) is 11.7. The van der Waals surface area contributed by atoms with Gasteiger partial charge >= 0.3 is 0 Å². The summed E-state index contributed by atoms with van der Waals surface area (Å²) in [5.74, 6) is -0.693. The predicted octanol–water partition coefficient (Wildman–Crippen LogP) is 5.30. The van der Waals surface area contributed by atoms with Crippen LogP contribution in [0.15, 0.2) is 78.0 Å². The largest absolute Gasteiger partial charge is 0.319 e. The van der Waals surface area contributed by atoms with Gasteiger partial charge in [0.05, 0.1) is 10.5 Å². The van der Waals surface area contributed by atoms with Crippen molar-refractivity contribution < 1.29 is 14.1 Å². The highest BCUT2D eigenvalue weighted by Crippen LogP contribution is 2.36. The molecule has 4 rings (SSSR count). The third kappa shape index (κ3) is 5.07. The van der Waals surface area contributed by atoms with Crippen LogP contribution in [0.1, 0.15) is 16.4 Å². The molecule has 0 aliphatic rings. The lowest BCUT2D eigenvalue weighted by molar-refractivity contribution is -0.384. The fraction of sp³-hybridized carbons (Fsp3) is 0.0870. The molecule has 1 amide bonds. The lowest BCUT2D eigenvalue weighted by atomic mass is 10.1. The van der Waals surface area contributed by atoms with E-state index in [9.17, 15) is 19.3 Å². The summed E-state index contributed by atoms with van der Waals surface area (Å²) in [5.41, 5.74) is 1.52. The molecule has 1 aromatic heterocycles. The molecule has 0 radical (unpaired) electrons. The van der Waals surface area contributed by atoms with Gasteiger partial charge in [0.15, 0.2) is 5.82 Å². The second-order valence-electron chi connectivity index (χ2n) is 7.12.